The minimum Gasteiger partial charge on any atom is -0.493 e. The third-order valence-electron chi connectivity index (χ3n) is 9.80. The molecule has 2 spiro atoms. The minimum absolute atomic E-state index is 0.0373. The van der Waals surface area contributed by atoms with Gasteiger partial charge in [0.1, 0.15) is 5.75 Å². The Morgan fingerprint density at radius 2 is 1.20 bits per heavy atom. The lowest BCUT2D eigenvalue weighted by atomic mass is 9.91. The number of nitrogens with zero attached hydrogens (tertiary/aromatic N) is 1. The van der Waals surface area contributed by atoms with E-state index in [1.807, 2.05) is 18.2 Å². The molecule has 4 fully saturated rings. The van der Waals surface area contributed by atoms with E-state index in [9.17, 15) is 9.90 Å². The molecule has 2 aliphatic carbocycles. The Morgan fingerprint density at radius 3 is 1.76 bits per heavy atom. The van der Waals surface area contributed by atoms with Crippen molar-refractivity contribution in [1.29, 1.82) is 0 Å². The Labute approximate surface area is 297 Å². The van der Waals surface area contributed by atoms with Gasteiger partial charge in [-0.25, -0.2) is 0 Å². The highest BCUT2D eigenvalue weighted by atomic mass is 16.7. The first-order chi connectivity index (χ1) is 24.8. The fourth-order valence-corrected chi connectivity index (χ4v) is 6.99. The molecule has 2 N–H and O–H groups in total. The van der Waals surface area contributed by atoms with Gasteiger partial charge in [0, 0.05) is 67.0 Å². The van der Waals surface area contributed by atoms with Crippen LogP contribution in [0.3, 0.4) is 0 Å². The number of aromatic nitrogens is 2. The largest absolute Gasteiger partial charge is 0.493 e. The Kier molecular flexibility index (Phi) is 11.8. The first kappa shape index (κ1) is 36.6. The molecule has 0 radical (unpaired) electrons. The van der Waals surface area contributed by atoms with Crippen molar-refractivity contribution in [2.75, 3.05) is 54.9 Å². The van der Waals surface area contributed by atoms with Gasteiger partial charge in [0.15, 0.2) is 40.0 Å². The Bertz CT molecular complexity index is 1800. The maximum absolute atomic E-state index is 11.5. The predicted molar refractivity (Wildman–Crippen MR) is 189 cm³/mol. The van der Waals surface area contributed by atoms with Crippen LogP contribution in [0, 0.1) is 0 Å². The molecule has 0 unspecified atom stereocenters. The molecule has 0 atom stereocenters. The summed E-state index contributed by atoms with van der Waals surface area (Å²) in [5.41, 5.74) is 1.52. The Hall–Kier alpha value is -4.14. The molecule has 4 aromatic rings. The summed E-state index contributed by atoms with van der Waals surface area (Å²) in [4.78, 5) is 18.9. The summed E-state index contributed by atoms with van der Waals surface area (Å²) >= 11 is 0. The molecule has 276 valence electrons. The van der Waals surface area contributed by atoms with Gasteiger partial charge in [-0.15, -0.1) is 0 Å². The molecule has 2 saturated heterocycles. The number of methoxy groups -OCH3 is 4. The smallest absolute Gasteiger partial charge is 0.189 e. The number of benzene rings is 2. The van der Waals surface area contributed by atoms with Crippen LogP contribution in [0.15, 0.2) is 53.6 Å². The van der Waals surface area contributed by atoms with Crippen LogP contribution in [0.4, 0.5) is 0 Å². The van der Waals surface area contributed by atoms with Crippen LogP contribution in [0.25, 0.3) is 21.8 Å². The summed E-state index contributed by atoms with van der Waals surface area (Å²) in [6.07, 6.45) is 10.3. The molecular weight excluding hydrogens is 660 g/mol. The molecule has 2 aromatic heterocycles. The van der Waals surface area contributed by atoms with Crippen LogP contribution < -0.4 is 29.1 Å². The molecule has 0 bridgehead atoms. The van der Waals surface area contributed by atoms with E-state index >= 15 is 0 Å². The molecule has 2 saturated carbocycles. The lowest BCUT2D eigenvalue weighted by molar-refractivity contribution is -0.187. The summed E-state index contributed by atoms with van der Waals surface area (Å²) < 4.78 is 49.9. The summed E-state index contributed by atoms with van der Waals surface area (Å²) in [5, 5.41) is 10.8. The van der Waals surface area contributed by atoms with Crippen molar-refractivity contribution in [3.8, 4) is 28.7 Å². The second-order valence-electron chi connectivity index (χ2n) is 12.9. The van der Waals surface area contributed by atoms with Gasteiger partial charge in [-0.3, -0.25) is 9.78 Å². The number of pyridine rings is 2. The second kappa shape index (κ2) is 16.5. The number of hydrogen-bond acceptors (Lipinski definition) is 12. The number of fused-ring (bicyclic) bond motifs is 2. The van der Waals surface area contributed by atoms with E-state index in [1.54, 1.807) is 53.0 Å². The number of rotatable bonds is 6. The highest BCUT2D eigenvalue weighted by Gasteiger charge is 2.41. The molecule has 51 heavy (non-hydrogen) atoms. The number of ether oxygens (including phenoxy) is 9. The first-order valence-corrected chi connectivity index (χ1v) is 17.4. The van der Waals surface area contributed by atoms with Gasteiger partial charge in [-0.2, -0.15) is 0 Å². The van der Waals surface area contributed by atoms with Crippen molar-refractivity contribution >= 4 is 21.8 Å². The number of aliphatic hydroxyl groups is 1. The van der Waals surface area contributed by atoms with Gasteiger partial charge in [-0.05, 0) is 43.9 Å². The highest BCUT2D eigenvalue weighted by Crippen LogP contribution is 2.40. The molecule has 2 aliphatic heterocycles. The van der Waals surface area contributed by atoms with Gasteiger partial charge in [0.2, 0.25) is 0 Å². The zero-order valence-electron chi connectivity index (χ0n) is 29.7. The lowest BCUT2D eigenvalue weighted by Crippen LogP contribution is -2.38. The van der Waals surface area contributed by atoms with E-state index in [0.29, 0.717) is 41.6 Å². The summed E-state index contributed by atoms with van der Waals surface area (Å²) in [5.74, 6) is 2.64. The van der Waals surface area contributed by atoms with Crippen LogP contribution >= 0.6 is 0 Å². The minimum atomic E-state index is -0.364. The molecule has 4 heterocycles. The van der Waals surface area contributed by atoms with E-state index in [1.165, 1.54) is 6.07 Å². The predicted octanol–water partition coefficient (Wildman–Crippen LogP) is 5.53. The SMILES string of the molecule is COc1cc2[nH]ccc(=O)c2cc1OC.COc1cc2nccc(OC3CCC4(CC3)OCCO4)c2cc1OC.OC1CCC2(CC1)OCCO2. The van der Waals surface area contributed by atoms with Crippen LogP contribution in [0.1, 0.15) is 51.4 Å². The fourth-order valence-electron chi connectivity index (χ4n) is 6.99. The third kappa shape index (κ3) is 8.50. The topological polar surface area (TPSA) is 149 Å². The fraction of sp³-hybridized carbons (Fsp3) is 0.526. The molecular formula is C38H48N2O11. The van der Waals surface area contributed by atoms with Crippen molar-refractivity contribution in [3.05, 3.63) is 59.0 Å². The van der Waals surface area contributed by atoms with Gasteiger partial charge < -0.3 is 52.7 Å². The van der Waals surface area contributed by atoms with E-state index in [-0.39, 0.29) is 29.2 Å². The second-order valence-corrected chi connectivity index (χ2v) is 12.9. The number of aliphatic hydroxyl groups excluding tert-OH is 1. The van der Waals surface area contributed by atoms with Gasteiger partial charge in [0.05, 0.1) is 78.1 Å². The average Bonchev–Trinajstić information content (AvgIpc) is 3.83. The van der Waals surface area contributed by atoms with Crippen molar-refractivity contribution in [2.45, 2.75) is 75.1 Å². The first-order valence-electron chi connectivity index (χ1n) is 17.4. The lowest BCUT2D eigenvalue weighted by Gasteiger charge is -2.35. The monoisotopic (exact) mass is 708 g/mol. The molecule has 2 aromatic carbocycles. The van der Waals surface area contributed by atoms with Crippen LogP contribution in [0.2, 0.25) is 0 Å². The number of hydrogen-bond donors (Lipinski definition) is 2. The molecule has 8 rings (SSSR count). The zero-order valence-corrected chi connectivity index (χ0v) is 29.7. The molecule has 13 nitrogen and oxygen atoms in total. The van der Waals surface area contributed by atoms with Crippen molar-refractivity contribution in [2.24, 2.45) is 0 Å². The van der Waals surface area contributed by atoms with Crippen LogP contribution in [-0.4, -0.2) is 93.7 Å². The Balaban J connectivity index is 0.000000146. The van der Waals surface area contributed by atoms with E-state index < -0.39 is 0 Å². The van der Waals surface area contributed by atoms with Crippen LogP contribution in [0.5, 0.6) is 28.7 Å². The zero-order chi connectivity index (χ0) is 35.8. The van der Waals surface area contributed by atoms with Crippen molar-refractivity contribution in [3.63, 3.8) is 0 Å². The Morgan fingerprint density at radius 1 is 0.686 bits per heavy atom. The summed E-state index contributed by atoms with van der Waals surface area (Å²) in [6.45, 7) is 2.83. The van der Waals surface area contributed by atoms with Gasteiger partial charge >= 0.3 is 0 Å². The van der Waals surface area contributed by atoms with Crippen LogP contribution in [-0.2, 0) is 18.9 Å². The normalized spacial score (nSPS) is 20.7. The standard InChI is InChI=1S/C19H23NO5.C11H11NO3.C8H14O3/c1-21-17-11-14-15(12-18(17)22-2)20-8-5-16(14)25-13-3-6-19(7-4-13)23-9-10-24-19;1-14-10-5-7-8(6-11(10)15-2)12-4-3-9(7)13;9-7-1-3-8(4-2-7)10-5-6-11-8/h5,8,11-13H,3-4,6-7,9-10H2,1-2H3;3-6H,1-2H3,(H,12,13);7,9H,1-6H2. The van der Waals surface area contributed by atoms with E-state index in [2.05, 4.69) is 9.97 Å². The maximum atomic E-state index is 11.5. The van der Waals surface area contributed by atoms with Gasteiger partial charge in [-0.1, -0.05) is 0 Å². The van der Waals surface area contributed by atoms with E-state index in [4.69, 9.17) is 42.6 Å². The highest BCUT2D eigenvalue weighted by molar-refractivity contribution is 5.88. The summed E-state index contributed by atoms with van der Waals surface area (Å²) in [6, 6.07) is 10.6. The molecule has 13 heteroatoms. The average molecular weight is 709 g/mol. The van der Waals surface area contributed by atoms with Crippen molar-refractivity contribution in [1.82, 2.24) is 9.97 Å². The van der Waals surface area contributed by atoms with Crippen molar-refractivity contribution < 1.29 is 47.7 Å². The third-order valence-corrected chi connectivity index (χ3v) is 9.80. The molecule has 0 amide bonds. The quantitative estimate of drug-likeness (QED) is 0.260. The van der Waals surface area contributed by atoms with Gasteiger partial charge in [0.25, 0.3) is 0 Å². The number of aromatic amines is 1. The number of nitrogens with one attached hydrogen (secondary N) is 1. The number of H-pyrrole nitrogens is 1. The maximum Gasteiger partial charge on any atom is 0.189 e. The summed E-state index contributed by atoms with van der Waals surface area (Å²) in [7, 11) is 6.35. The molecule has 4 aliphatic rings. The van der Waals surface area contributed by atoms with E-state index in [0.717, 1.165) is 86.7 Å².